The summed E-state index contributed by atoms with van der Waals surface area (Å²) in [6.45, 7) is 7.85. The van der Waals surface area contributed by atoms with Crippen LogP contribution in [0.3, 0.4) is 0 Å². The van der Waals surface area contributed by atoms with Crippen LogP contribution in [0.5, 0.6) is 0 Å². The topological polar surface area (TPSA) is 45.4 Å². The molecular weight excluding hydrogens is 228 g/mol. The Kier molecular flexibility index (Phi) is 3.61. The Morgan fingerprint density at radius 3 is 3.06 bits per heavy atom. The number of aromatic nitrogens is 2. The molecule has 0 amide bonds. The number of hydrogen-bond acceptors (Lipinski definition) is 5. The van der Waals surface area contributed by atoms with E-state index in [4.69, 9.17) is 4.52 Å². The van der Waals surface area contributed by atoms with Crippen molar-refractivity contribution < 1.29 is 4.52 Å². The second-order valence-corrected chi connectivity index (χ2v) is 5.47. The highest BCUT2D eigenvalue weighted by Crippen LogP contribution is 2.20. The molecule has 100 valence electrons. The van der Waals surface area contributed by atoms with Crippen LogP contribution in [0.25, 0.3) is 0 Å². The summed E-state index contributed by atoms with van der Waals surface area (Å²) in [7, 11) is 0. The van der Waals surface area contributed by atoms with Gasteiger partial charge in [0.1, 0.15) is 0 Å². The third kappa shape index (κ3) is 2.72. The molecule has 0 N–H and O–H groups in total. The van der Waals surface area contributed by atoms with Gasteiger partial charge in [-0.05, 0) is 19.4 Å². The quantitative estimate of drug-likeness (QED) is 0.803. The lowest BCUT2D eigenvalue weighted by Gasteiger charge is -2.44. The summed E-state index contributed by atoms with van der Waals surface area (Å²) < 4.78 is 5.00. The van der Waals surface area contributed by atoms with Gasteiger partial charge in [0, 0.05) is 45.6 Å². The van der Waals surface area contributed by atoms with E-state index in [1.165, 1.54) is 45.4 Å². The van der Waals surface area contributed by atoms with Gasteiger partial charge in [-0.2, -0.15) is 4.98 Å². The van der Waals surface area contributed by atoms with E-state index in [0.29, 0.717) is 5.89 Å². The smallest absolute Gasteiger partial charge is 0.223 e. The number of aryl methyl sites for hydroxylation is 1. The van der Waals surface area contributed by atoms with Crippen LogP contribution in [0.15, 0.2) is 4.52 Å². The van der Waals surface area contributed by atoms with E-state index in [2.05, 4.69) is 19.9 Å². The van der Waals surface area contributed by atoms with E-state index in [1.807, 2.05) is 6.92 Å². The maximum Gasteiger partial charge on any atom is 0.223 e. The third-order valence-electron chi connectivity index (χ3n) is 4.14. The van der Waals surface area contributed by atoms with Crippen molar-refractivity contribution >= 4 is 0 Å². The van der Waals surface area contributed by atoms with E-state index in [-0.39, 0.29) is 0 Å². The van der Waals surface area contributed by atoms with Gasteiger partial charge >= 0.3 is 0 Å². The van der Waals surface area contributed by atoms with Crippen molar-refractivity contribution in [1.29, 1.82) is 0 Å². The summed E-state index contributed by atoms with van der Waals surface area (Å²) in [4.78, 5) is 9.48. The summed E-state index contributed by atoms with van der Waals surface area (Å²) >= 11 is 0. The van der Waals surface area contributed by atoms with Gasteiger partial charge in [0.25, 0.3) is 0 Å². The van der Waals surface area contributed by atoms with Crippen LogP contribution in [-0.4, -0.2) is 58.7 Å². The predicted molar refractivity (Wildman–Crippen MR) is 68.4 cm³/mol. The van der Waals surface area contributed by atoms with Crippen LogP contribution in [0.4, 0.5) is 0 Å². The van der Waals surface area contributed by atoms with Crippen LogP contribution in [0, 0.1) is 6.92 Å². The van der Waals surface area contributed by atoms with Crippen LogP contribution in [0.2, 0.25) is 0 Å². The largest absolute Gasteiger partial charge is 0.340 e. The van der Waals surface area contributed by atoms with Gasteiger partial charge in [0.2, 0.25) is 5.89 Å². The fraction of sp³-hybridized carbons (Fsp3) is 0.846. The fourth-order valence-corrected chi connectivity index (χ4v) is 3.12. The predicted octanol–water partition coefficient (Wildman–Crippen LogP) is 1.09. The van der Waals surface area contributed by atoms with Crippen molar-refractivity contribution in [2.24, 2.45) is 0 Å². The van der Waals surface area contributed by atoms with Crippen molar-refractivity contribution in [3.63, 3.8) is 0 Å². The molecule has 0 bridgehead atoms. The Hall–Kier alpha value is -0.940. The molecule has 2 saturated heterocycles. The molecule has 1 aromatic heterocycles. The molecule has 0 saturated carbocycles. The second kappa shape index (κ2) is 5.36. The highest BCUT2D eigenvalue weighted by Gasteiger charge is 2.28. The summed E-state index contributed by atoms with van der Waals surface area (Å²) in [6, 6.07) is 0.791. The van der Waals surface area contributed by atoms with Crippen LogP contribution in [-0.2, 0) is 6.42 Å². The first-order chi connectivity index (χ1) is 8.81. The molecule has 0 radical (unpaired) electrons. The first-order valence-electron chi connectivity index (χ1n) is 7.07. The van der Waals surface area contributed by atoms with Crippen molar-refractivity contribution in [3.8, 4) is 0 Å². The molecule has 0 aliphatic carbocycles. The molecule has 0 aromatic carbocycles. The number of nitrogens with zero attached hydrogens (tertiary/aromatic N) is 4. The Labute approximate surface area is 108 Å². The fourth-order valence-electron chi connectivity index (χ4n) is 3.12. The van der Waals surface area contributed by atoms with Crippen LogP contribution in [0.1, 0.15) is 31.0 Å². The SMILES string of the molecule is Cc1nc(CCN2CCN3CCCCC3C2)no1. The van der Waals surface area contributed by atoms with Crippen molar-refractivity contribution in [2.75, 3.05) is 32.7 Å². The number of hydrogen-bond donors (Lipinski definition) is 0. The van der Waals surface area contributed by atoms with Gasteiger partial charge in [-0.3, -0.25) is 4.90 Å². The highest BCUT2D eigenvalue weighted by molar-refractivity contribution is 4.88. The molecule has 3 heterocycles. The number of piperidine rings is 1. The van der Waals surface area contributed by atoms with Gasteiger partial charge in [-0.1, -0.05) is 11.6 Å². The Balaban J connectivity index is 1.49. The monoisotopic (exact) mass is 250 g/mol. The molecule has 5 nitrogen and oxygen atoms in total. The van der Waals surface area contributed by atoms with E-state index < -0.39 is 0 Å². The molecule has 1 atom stereocenters. The van der Waals surface area contributed by atoms with Crippen LogP contribution >= 0.6 is 0 Å². The minimum absolute atomic E-state index is 0.669. The molecule has 18 heavy (non-hydrogen) atoms. The maximum atomic E-state index is 5.00. The molecule has 5 heteroatoms. The van der Waals surface area contributed by atoms with E-state index >= 15 is 0 Å². The highest BCUT2D eigenvalue weighted by atomic mass is 16.5. The van der Waals surface area contributed by atoms with Crippen molar-refractivity contribution in [3.05, 3.63) is 11.7 Å². The number of rotatable bonds is 3. The van der Waals surface area contributed by atoms with E-state index in [0.717, 1.165) is 24.8 Å². The molecule has 2 aliphatic rings. The molecule has 3 rings (SSSR count). The maximum absolute atomic E-state index is 5.00. The number of fused-ring (bicyclic) bond motifs is 1. The minimum atomic E-state index is 0.669. The molecule has 1 unspecified atom stereocenters. The van der Waals surface area contributed by atoms with Gasteiger partial charge in [0.05, 0.1) is 0 Å². The zero-order chi connectivity index (χ0) is 12.4. The lowest BCUT2D eigenvalue weighted by Crippen LogP contribution is -2.55. The standard InChI is InChI=1S/C13H22N4O/c1-11-14-13(15-18-11)5-7-16-8-9-17-6-3-2-4-12(17)10-16/h12H,2-10H2,1H3. The summed E-state index contributed by atoms with van der Waals surface area (Å²) in [6.07, 6.45) is 5.07. The van der Waals surface area contributed by atoms with E-state index in [9.17, 15) is 0 Å². The first-order valence-corrected chi connectivity index (χ1v) is 7.07. The average molecular weight is 250 g/mol. The lowest BCUT2D eigenvalue weighted by atomic mass is 9.99. The van der Waals surface area contributed by atoms with Gasteiger partial charge in [-0.25, -0.2) is 0 Å². The van der Waals surface area contributed by atoms with Gasteiger partial charge < -0.3 is 9.42 Å². The summed E-state index contributed by atoms with van der Waals surface area (Å²) in [5.74, 6) is 1.51. The third-order valence-corrected chi connectivity index (χ3v) is 4.14. The molecular formula is C13H22N4O. The van der Waals surface area contributed by atoms with Crippen molar-refractivity contribution in [2.45, 2.75) is 38.6 Å². The second-order valence-electron chi connectivity index (χ2n) is 5.47. The van der Waals surface area contributed by atoms with Crippen molar-refractivity contribution in [1.82, 2.24) is 19.9 Å². The number of piperazine rings is 1. The Morgan fingerprint density at radius 2 is 2.22 bits per heavy atom. The average Bonchev–Trinajstić information content (AvgIpc) is 2.82. The van der Waals surface area contributed by atoms with Gasteiger partial charge in [0.15, 0.2) is 5.82 Å². The first kappa shape index (κ1) is 12.1. The Bertz CT molecular complexity index is 392. The van der Waals surface area contributed by atoms with E-state index in [1.54, 1.807) is 0 Å². The minimum Gasteiger partial charge on any atom is -0.340 e. The molecule has 2 aliphatic heterocycles. The zero-order valence-corrected chi connectivity index (χ0v) is 11.1. The molecule has 0 spiro atoms. The summed E-state index contributed by atoms with van der Waals surface area (Å²) in [5.41, 5.74) is 0. The normalized spacial score (nSPS) is 26.2. The van der Waals surface area contributed by atoms with Gasteiger partial charge in [-0.15, -0.1) is 0 Å². The lowest BCUT2D eigenvalue weighted by molar-refractivity contribution is 0.0497. The van der Waals surface area contributed by atoms with Crippen LogP contribution < -0.4 is 0 Å². The molecule has 1 aromatic rings. The zero-order valence-electron chi connectivity index (χ0n) is 11.1. The summed E-state index contributed by atoms with van der Waals surface area (Å²) in [5, 5.41) is 3.96. The molecule has 2 fully saturated rings. The Morgan fingerprint density at radius 1 is 1.28 bits per heavy atom.